The molecule has 1 aliphatic rings. The number of aliphatic imine (C=N–C) groups is 1. The Kier molecular flexibility index (Phi) is 5.21. The lowest BCUT2D eigenvalue weighted by Gasteiger charge is -2.12. The molecule has 7 nitrogen and oxygen atoms in total. The van der Waals surface area contributed by atoms with Gasteiger partial charge in [-0.1, -0.05) is 41.7 Å². The summed E-state index contributed by atoms with van der Waals surface area (Å²) in [6, 6.07) is 9.98. The Hall–Kier alpha value is -2.26. The summed E-state index contributed by atoms with van der Waals surface area (Å²) in [5.41, 5.74) is -0.615. The lowest BCUT2D eigenvalue weighted by atomic mass is 10.3. The number of benzene rings is 1. The fourth-order valence-electron chi connectivity index (χ4n) is 2.13. The minimum atomic E-state index is -0.604. The van der Waals surface area contributed by atoms with E-state index >= 15 is 0 Å². The first-order chi connectivity index (χ1) is 11.6. The van der Waals surface area contributed by atoms with E-state index in [1.165, 1.54) is 22.4 Å². The largest absolute Gasteiger partial charge is 0.334 e. The molecule has 1 amide bonds. The standard InChI is InChI=1S/C15H14N4O3S2/c20-12-8-11(17-13(21)9-24-15-16-6-7-23-15)19(14(22)18-12)10-4-2-1-3-5-10/h1-5,8H,6-7,9H2,(H,17,21)(H,18,20,22). The van der Waals surface area contributed by atoms with Crippen LogP contribution in [0.3, 0.4) is 0 Å². The molecule has 0 aliphatic carbocycles. The normalized spacial score (nSPS) is 13.6. The smallest absolute Gasteiger partial charge is 0.311 e. The van der Waals surface area contributed by atoms with E-state index in [1.807, 2.05) is 6.07 Å². The molecule has 0 fully saturated rings. The molecule has 0 bridgehead atoms. The van der Waals surface area contributed by atoms with Crippen LogP contribution in [0, 0.1) is 0 Å². The van der Waals surface area contributed by atoms with Crippen LogP contribution in [0.5, 0.6) is 0 Å². The number of hydrogen-bond donors (Lipinski definition) is 2. The SMILES string of the molecule is O=C(CSC1=NCCS1)Nc1cc(=O)[nH]c(=O)n1-c1ccccc1. The van der Waals surface area contributed by atoms with E-state index in [0.29, 0.717) is 5.69 Å². The van der Waals surface area contributed by atoms with Gasteiger partial charge < -0.3 is 5.32 Å². The number of anilines is 1. The highest BCUT2D eigenvalue weighted by molar-refractivity contribution is 8.39. The van der Waals surface area contributed by atoms with Gasteiger partial charge >= 0.3 is 5.69 Å². The van der Waals surface area contributed by atoms with E-state index in [0.717, 1.165) is 16.7 Å². The first kappa shape index (κ1) is 16.6. The maximum absolute atomic E-state index is 12.2. The Morgan fingerprint density at radius 2 is 2.12 bits per heavy atom. The number of carbonyl (C=O) groups excluding carboxylic acids is 1. The van der Waals surface area contributed by atoms with Crippen LogP contribution < -0.4 is 16.6 Å². The molecule has 0 unspecified atom stereocenters. The summed E-state index contributed by atoms with van der Waals surface area (Å²) in [4.78, 5) is 42.3. The molecular weight excluding hydrogens is 348 g/mol. The van der Waals surface area contributed by atoms with Gasteiger partial charge in [-0.15, -0.1) is 0 Å². The summed E-state index contributed by atoms with van der Waals surface area (Å²) >= 11 is 2.97. The molecule has 0 spiro atoms. The predicted octanol–water partition coefficient (Wildman–Crippen LogP) is 1.30. The number of aromatic nitrogens is 2. The predicted molar refractivity (Wildman–Crippen MR) is 98.5 cm³/mol. The van der Waals surface area contributed by atoms with Crippen LogP contribution >= 0.6 is 23.5 Å². The van der Waals surface area contributed by atoms with Gasteiger partial charge in [-0.2, -0.15) is 0 Å². The highest BCUT2D eigenvalue weighted by Gasteiger charge is 2.14. The molecule has 124 valence electrons. The Morgan fingerprint density at radius 1 is 1.33 bits per heavy atom. The topological polar surface area (TPSA) is 96.3 Å². The van der Waals surface area contributed by atoms with E-state index in [9.17, 15) is 14.4 Å². The zero-order valence-corrected chi connectivity index (χ0v) is 14.2. The summed E-state index contributed by atoms with van der Waals surface area (Å²) in [6.45, 7) is 0.774. The van der Waals surface area contributed by atoms with E-state index < -0.39 is 11.2 Å². The molecule has 9 heteroatoms. The van der Waals surface area contributed by atoms with Crippen LogP contribution in [-0.2, 0) is 4.79 Å². The number of hydrogen-bond acceptors (Lipinski definition) is 6. The molecule has 0 saturated heterocycles. The number of H-pyrrole nitrogens is 1. The van der Waals surface area contributed by atoms with Crippen molar-refractivity contribution < 1.29 is 4.79 Å². The van der Waals surface area contributed by atoms with E-state index in [2.05, 4.69) is 15.3 Å². The van der Waals surface area contributed by atoms with Gasteiger partial charge in [0.05, 0.1) is 18.0 Å². The first-order valence-electron chi connectivity index (χ1n) is 7.15. The lowest BCUT2D eigenvalue weighted by molar-refractivity contribution is -0.113. The average molecular weight is 362 g/mol. The molecule has 0 saturated carbocycles. The summed E-state index contributed by atoms with van der Waals surface area (Å²) in [5, 5.41) is 2.63. The van der Waals surface area contributed by atoms with Crippen molar-refractivity contribution in [1.82, 2.24) is 9.55 Å². The molecule has 0 radical (unpaired) electrons. The first-order valence-corrected chi connectivity index (χ1v) is 9.12. The zero-order valence-electron chi connectivity index (χ0n) is 12.5. The maximum atomic E-state index is 12.2. The van der Waals surface area contributed by atoms with Gasteiger partial charge in [0.1, 0.15) is 10.2 Å². The second-order valence-corrected chi connectivity index (χ2v) is 7.13. The number of carbonyl (C=O) groups is 1. The third-order valence-electron chi connectivity index (χ3n) is 3.11. The number of para-hydroxylation sites is 1. The van der Waals surface area contributed by atoms with Crippen molar-refractivity contribution in [3.63, 3.8) is 0 Å². The summed E-state index contributed by atoms with van der Waals surface area (Å²) < 4.78 is 2.14. The van der Waals surface area contributed by atoms with Gasteiger partial charge in [0.2, 0.25) is 5.91 Å². The van der Waals surface area contributed by atoms with Crippen molar-refractivity contribution in [2.75, 3.05) is 23.4 Å². The van der Waals surface area contributed by atoms with Crippen molar-refractivity contribution in [3.8, 4) is 5.69 Å². The van der Waals surface area contributed by atoms with Crippen LogP contribution in [-0.4, -0.2) is 37.9 Å². The Balaban J connectivity index is 1.83. The highest BCUT2D eigenvalue weighted by atomic mass is 32.2. The monoisotopic (exact) mass is 362 g/mol. The van der Waals surface area contributed by atoms with Gasteiger partial charge in [-0.05, 0) is 12.1 Å². The Labute approximate surface area is 145 Å². The van der Waals surface area contributed by atoms with E-state index in [1.54, 1.807) is 36.0 Å². The van der Waals surface area contributed by atoms with Crippen LogP contribution in [0.15, 0.2) is 51.0 Å². The third kappa shape index (κ3) is 3.98. The quantitative estimate of drug-likeness (QED) is 0.855. The minimum Gasteiger partial charge on any atom is -0.311 e. The van der Waals surface area contributed by atoms with Crippen LogP contribution in [0.1, 0.15) is 0 Å². The lowest BCUT2D eigenvalue weighted by Crippen LogP contribution is -2.32. The molecule has 1 aromatic carbocycles. The second kappa shape index (κ2) is 7.54. The molecule has 2 heterocycles. The highest BCUT2D eigenvalue weighted by Crippen LogP contribution is 2.22. The number of aromatic amines is 1. The van der Waals surface area contributed by atoms with Crippen molar-refractivity contribution in [2.24, 2.45) is 4.99 Å². The summed E-state index contributed by atoms with van der Waals surface area (Å²) in [5.74, 6) is 0.944. The van der Waals surface area contributed by atoms with E-state index in [-0.39, 0.29) is 17.5 Å². The van der Waals surface area contributed by atoms with Crippen molar-refractivity contribution in [1.29, 1.82) is 0 Å². The second-order valence-electron chi connectivity index (χ2n) is 4.83. The minimum absolute atomic E-state index is 0.140. The van der Waals surface area contributed by atoms with Gasteiger partial charge in [-0.25, -0.2) is 9.36 Å². The Bertz CT molecular complexity index is 890. The van der Waals surface area contributed by atoms with E-state index in [4.69, 9.17) is 0 Å². The molecule has 3 rings (SSSR count). The van der Waals surface area contributed by atoms with Crippen molar-refractivity contribution in [3.05, 3.63) is 57.2 Å². The average Bonchev–Trinajstić information content (AvgIpc) is 3.07. The zero-order chi connectivity index (χ0) is 16.9. The number of nitrogens with one attached hydrogen (secondary N) is 2. The van der Waals surface area contributed by atoms with Gasteiger partial charge in [0.25, 0.3) is 5.56 Å². The fourth-order valence-corrected chi connectivity index (χ4v) is 3.94. The third-order valence-corrected chi connectivity index (χ3v) is 5.36. The van der Waals surface area contributed by atoms with Gasteiger partial charge in [0.15, 0.2) is 0 Å². The molecule has 2 aromatic rings. The van der Waals surface area contributed by atoms with Crippen molar-refractivity contribution in [2.45, 2.75) is 0 Å². The van der Waals surface area contributed by atoms with Crippen LogP contribution in [0.2, 0.25) is 0 Å². The number of nitrogens with zero attached hydrogens (tertiary/aromatic N) is 2. The fraction of sp³-hybridized carbons (Fsp3) is 0.200. The summed E-state index contributed by atoms with van der Waals surface area (Å²) in [7, 11) is 0. The number of thioether (sulfide) groups is 2. The van der Waals surface area contributed by atoms with Crippen LogP contribution in [0.4, 0.5) is 5.82 Å². The number of amides is 1. The molecular formula is C15H14N4O3S2. The Morgan fingerprint density at radius 3 is 2.83 bits per heavy atom. The van der Waals surface area contributed by atoms with Gasteiger partial charge in [0, 0.05) is 11.8 Å². The number of rotatable bonds is 4. The van der Waals surface area contributed by atoms with Crippen molar-refractivity contribution >= 4 is 39.6 Å². The summed E-state index contributed by atoms with van der Waals surface area (Å²) in [6.07, 6.45) is 0. The van der Waals surface area contributed by atoms with Gasteiger partial charge in [-0.3, -0.25) is 19.6 Å². The molecule has 1 aromatic heterocycles. The van der Waals surface area contributed by atoms with Crippen LogP contribution in [0.25, 0.3) is 5.69 Å². The molecule has 2 N–H and O–H groups in total. The molecule has 1 aliphatic heterocycles. The molecule has 24 heavy (non-hydrogen) atoms. The maximum Gasteiger partial charge on any atom is 0.334 e. The molecule has 0 atom stereocenters.